The summed E-state index contributed by atoms with van der Waals surface area (Å²) >= 11 is 0. The van der Waals surface area contributed by atoms with Crippen LogP contribution in [0.5, 0.6) is 0 Å². The minimum atomic E-state index is 0.131. The van der Waals surface area contributed by atoms with Gasteiger partial charge in [0.15, 0.2) is 5.78 Å². The molecule has 0 aliphatic heterocycles. The molecule has 0 amide bonds. The summed E-state index contributed by atoms with van der Waals surface area (Å²) in [7, 11) is 0. The Bertz CT molecular complexity index is 318. The molecule has 0 aliphatic rings. The van der Waals surface area contributed by atoms with Crippen LogP contribution < -0.4 is 0 Å². The third kappa shape index (κ3) is 3.83. The van der Waals surface area contributed by atoms with E-state index in [2.05, 4.69) is 5.10 Å². The number of carbonyl (C=O) groups is 1. The van der Waals surface area contributed by atoms with Gasteiger partial charge in [0.25, 0.3) is 0 Å². The van der Waals surface area contributed by atoms with Gasteiger partial charge in [-0.3, -0.25) is 9.48 Å². The van der Waals surface area contributed by atoms with Crippen LogP contribution in [0.25, 0.3) is 0 Å². The zero-order valence-corrected chi connectivity index (χ0v) is 9.56. The Labute approximate surface area is 90.2 Å². The van der Waals surface area contributed by atoms with Gasteiger partial charge in [0.2, 0.25) is 0 Å². The summed E-state index contributed by atoms with van der Waals surface area (Å²) in [6, 6.07) is 0. The van der Waals surface area contributed by atoms with Crippen LogP contribution in [0.1, 0.15) is 37.6 Å². The SMILES string of the molecule is CCC(=O)c1cnn(CCOC(C)C)c1. The maximum absolute atomic E-state index is 11.3. The van der Waals surface area contributed by atoms with Crippen molar-refractivity contribution in [1.29, 1.82) is 0 Å². The van der Waals surface area contributed by atoms with Gasteiger partial charge in [0.05, 0.1) is 31.0 Å². The van der Waals surface area contributed by atoms with E-state index in [1.165, 1.54) is 0 Å². The molecule has 0 unspecified atom stereocenters. The molecule has 15 heavy (non-hydrogen) atoms. The number of ketones is 1. The molecular weight excluding hydrogens is 192 g/mol. The van der Waals surface area contributed by atoms with Gasteiger partial charge >= 0.3 is 0 Å². The second-order valence-electron chi connectivity index (χ2n) is 3.69. The molecule has 4 nitrogen and oxygen atoms in total. The first-order valence-electron chi connectivity index (χ1n) is 5.30. The van der Waals surface area contributed by atoms with E-state index in [0.717, 1.165) is 0 Å². The molecule has 0 saturated carbocycles. The van der Waals surface area contributed by atoms with Gasteiger partial charge in [-0.15, -0.1) is 0 Å². The van der Waals surface area contributed by atoms with Gasteiger partial charge in [0.1, 0.15) is 0 Å². The second kappa shape index (κ2) is 5.66. The van der Waals surface area contributed by atoms with Crippen molar-refractivity contribution in [3.05, 3.63) is 18.0 Å². The number of aromatic nitrogens is 2. The van der Waals surface area contributed by atoms with Crippen molar-refractivity contribution in [3.8, 4) is 0 Å². The molecule has 0 atom stereocenters. The highest BCUT2D eigenvalue weighted by Crippen LogP contribution is 2.02. The molecule has 0 aromatic carbocycles. The van der Waals surface area contributed by atoms with E-state index in [1.807, 2.05) is 20.8 Å². The Morgan fingerprint density at radius 2 is 2.33 bits per heavy atom. The van der Waals surface area contributed by atoms with Crippen molar-refractivity contribution < 1.29 is 9.53 Å². The first-order valence-corrected chi connectivity index (χ1v) is 5.30. The second-order valence-corrected chi connectivity index (χ2v) is 3.69. The van der Waals surface area contributed by atoms with Gasteiger partial charge in [-0.25, -0.2) is 0 Å². The summed E-state index contributed by atoms with van der Waals surface area (Å²) < 4.78 is 7.14. The van der Waals surface area contributed by atoms with Crippen molar-refractivity contribution in [2.45, 2.75) is 39.8 Å². The quantitative estimate of drug-likeness (QED) is 0.673. The normalized spacial score (nSPS) is 10.9. The molecule has 0 spiro atoms. The summed E-state index contributed by atoms with van der Waals surface area (Å²) in [5.74, 6) is 0.131. The highest BCUT2D eigenvalue weighted by Gasteiger charge is 2.05. The number of hydrogen-bond donors (Lipinski definition) is 0. The van der Waals surface area contributed by atoms with Crippen LogP contribution in [0.2, 0.25) is 0 Å². The number of hydrogen-bond acceptors (Lipinski definition) is 3. The van der Waals surface area contributed by atoms with E-state index < -0.39 is 0 Å². The number of ether oxygens (including phenoxy) is 1. The fourth-order valence-corrected chi connectivity index (χ4v) is 1.22. The molecule has 1 heterocycles. The summed E-state index contributed by atoms with van der Waals surface area (Å²) in [6.07, 6.45) is 4.14. The summed E-state index contributed by atoms with van der Waals surface area (Å²) in [5.41, 5.74) is 0.682. The summed E-state index contributed by atoms with van der Waals surface area (Å²) in [4.78, 5) is 11.3. The van der Waals surface area contributed by atoms with Crippen LogP contribution in [0.4, 0.5) is 0 Å². The van der Waals surface area contributed by atoms with Gasteiger partial charge in [-0.1, -0.05) is 6.92 Å². The fraction of sp³-hybridized carbons (Fsp3) is 0.636. The smallest absolute Gasteiger partial charge is 0.165 e. The Kier molecular flexibility index (Phi) is 4.49. The molecule has 0 fully saturated rings. The van der Waals surface area contributed by atoms with Gasteiger partial charge in [0, 0.05) is 12.6 Å². The lowest BCUT2D eigenvalue weighted by atomic mass is 10.2. The number of Topliss-reactive ketones (excluding diaryl/α,β-unsaturated/α-hetero) is 1. The van der Waals surface area contributed by atoms with Crippen LogP contribution in [0.15, 0.2) is 12.4 Å². The lowest BCUT2D eigenvalue weighted by Crippen LogP contribution is -2.10. The maximum atomic E-state index is 11.3. The molecule has 1 aromatic heterocycles. The number of nitrogens with zero attached hydrogens (tertiary/aromatic N) is 2. The van der Waals surface area contributed by atoms with Crippen LogP contribution in [0, 0.1) is 0 Å². The van der Waals surface area contributed by atoms with E-state index in [1.54, 1.807) is 17.1 Å². The maximum Gasteiger partial charge on any atom is 0.165 e. The molecule has 0 bridgehead atoms. The minimum Gasteiger partial charge on any atom is -0.377 e. The summed E-state index contributed by atoms with van der Waals surface area (Å²) in [6.45, 7) is 7.15. The standard InChI is InChI=1S/C11H18N2O2/c1-4-11(14)10-7-12-13(8-10)5-6-15-9(2)3/h7-9H,4-6H2,1-3H3. The van der Waals surface area contributed by atoms with E-state index in [4.69, 9.17) is 4.74 Å². The monoisotopic (exact) mass is 210 g/mol. The highest BCUT2D eigenvalue weighted by atomic mass is 16.5. The predicted molar refractivity (Wildman–Crippen MR) is 57.9 cm³/mol. The fourth-order valence-electron chi connectivity index (χ4n) is 1.22. The molecule has 0 N–H and O–H groups in total. The van der Waals surface area contributed by atoms with Gasteiger partial charge < -0.3 is 4.74 Å². The van der Waals surface area contributed by atoms with Crippen molar-refractivity contribution in [3.63, 3.8) is 0 Å². The number of rotatable bonds is 6. The molecule has 1 rings (SSSR count). The van der Waals surface area contributed by atoms with E-state index >= 15 is 0 Å². The number of carbonyl (C=O) groups excluding carboxylic acids is 1. The van der Waals surface area contributed by atoms with Crippen molar-refractivity contribution in [2.24, 2.45) is 0 Å². The first-order chi connectivity index (χ1) is 7.13. The topological polar surface area (TPSA) is 44.1 Å². The Balaban J connectivity index is 2.43. The van der Waals surface area contributed by atoms with E-state index in [9.17, 15) is 4.79 Å². The van der Waals surface area contributed by atoms with Crippen molar-refractivity contribution in [2.75, 3.05) is 6.61 Å². The average molecular weight is 210 g/mol. The average Bonchev–Trinajstić information content (AvgIpc) is 2.65. The van der Waals surface area contributed by atoms with Gasteiger partial charge in [-0.2, -0.15) is 5.10 Å². The highest BCUT2D eigenvalue weighted by molar-refractivity contribution is 5.95. The van der Waals surface area contributed by atoms with E-state index in [0.29, 0.717) is 25.1 Å². The Hall–Kier alpha value is -1.16. The molecule has 0 aliphatic carbocycles. The van der Waals surface area contributed by atoms with Crippen LogP contribution in [-0.4, -0.2) is 28.3 Å². The lowest BCUT2D eigenvalue weighted by Gasteiger charge is -2.06. The third-order valence-electron chi connectivity index (χ3n) is 2.05. The summed E-state index contributed by atoms with van der Waals surface area (Å²) in [5, 5.41) is 4.10. The third-order valence-corrected chi connectivity index (χ3v) is 2.05. The molecule has 0 radical (unpaired) electrons. The van der Waals surface area contributed by atoms with Gasteiger partial charge in [-0.05, 0) is 13.8 Å². The largest absolute Gasteiger partial charge is 0.377 e. The van der Waals surface area contributed by atoms with E-state index in [-0.39, 0.29) is 11.9 Å². The molecule has 0 saturated heterocycles. The lowest BCUT2D eigenvalue weighted by molar-refractivity contribution is 0.0709. The Morgan fingerprint density at radius 1 is 1.60 bits per heavy atom. The van der Waals surface area contributed by atoms with Crippen LogP contribution in [0.3, 0.4) is 0 Å². The predicted octanol–water partition coefficient (Wildman–Crippen LogP) is 1.90. The zero-order chi connectivity index (χ0) is 11.3. The van der Waals surface area contributed by atoms with Crippen LogP contribution in [-0.2, 0) is 11.3 Å². The Morgan fingerprint density at radius 3 is 2.93 bits per heavy atom. The van der Waals surface area contributed by atoms with Crippen molar-refractivity contribution in [1.82, 2.24) is 9.78 Å². The molecule has 1 aromatic rings. The van der Waals surface area contributed by atoms with Crippen molar-refractivity contribution >= 4 is 5.78 Å². The first kappa shape index (κ1) is 11.9. The minimum absolute atomic E-state index is 0.131. The molecule has 4 heteroatoms. The molecular formula is C11H18N2O2. The zero-order valence-electron chi connectivity index (χ0n) is 9.56. The molecule has 84 valence electrons. The van der Waals surface area contributed by atoms with Crippen LogP contribution >= 0.6 is 0 Å².